The van der Waals surface area contributed by atoms with Crippen molar-refractivity contribution in [1.29, 1.82) is 0 Å². The second-order valence-corrected chi connectivity index (χ2v) is 6.90. The number of piperidine rings is 3. The maximum Gasteiger partial charge on any atom is 0.402 e. The Morgan fingerprint density at radius 3 is 2.62 bits per heavy atom. The zero-order valence-corrected chi connectivity index (χ0v) is 15.0. The number of hydrogen-bond acceptors (Lipinski definition) is 6. The van der Waals surface area contributed by atoms with Crippen LogP contribution in [0.4, 0.5) is 0 Å². The smallest absolute Gasteiger partial charge is 0.402 e. The van der Waals surface area contributed by atoms with Gasteiger partial charge in [-0.25, -0.2) is 0 Å². The second-order valence-electron chi connectivity index (χ2n) is 6.90. The van der Waals surface area contributed by atoms with Crippen LogP contribution in [0.5, 0.6) is 17.7 Å². The molecular weight excluding hydrogens is 334 g/mol. The number of nitrogens with zero attached hydrogens (tertiary/aromatic N) is 2. The van der Waals surface area contributed by atoms with E-state index in [0.29, 0.717) is 29.2 Å². The third-order valence-corrected chi connectivity index (χ3v) is 5.47. The Hall–Kier alpha value is -2.54. The molecule has 2 atom stereocenters. The van der Waals surface area contributed by atoms with E-state index in [9.17, 15) is 4.79 Å². The van der Waals surface area contributed by atoms with Crippen molar-refractivity contribution in [2.75, 3.05) is 20.2 Å². The Morgan fingerprint density at radius 2 is 2.00 bits per heavy atom. The Bertz CT molecular complexity index is 763. The zero-order chi connectivity index (χ0) is 18.1. The van der Waals surface area contributed by atoms with Crippen LogP contribution in [0.25, 0.3) is 0 Å². The monoisotopic (exact) mass is 357 g/mol. The summed E-state index contributed by atoms with van der Waals surface area (Å²) in [6.07, 6.45) is 3.80. The zero-order valence-electron chi connectivity index (χ0n) is 15.0. The van der Waals surface area contributed by atoms with Crippen LogP contribution in [-0.2, 0) is 0 Å². The normalized spacial score (nSPS) is 27.2. The first-order valence-corrected chi connectivity index (χ1v) is 8.96. The molecular formula is C19H23N3O4. The van der Waals surface area contributed by atoms with Crippen molar-refractivity contribution in [2.45, 2.75) is 31.8 Å². The molecule has 1 aromatic carbocycles. The average Bonchev–Trinajstić information content (AvgIpc) is 3.13. The largest absolute Gasteiger partial charge is 0.479 e. The van der Waals surface area contributed by atoms with E-state index in [0.717, 1.165) is 13.1 Å². The number of hydrogen-bond donors (Lipinski definition) is 1. The molecule has 0 saturated carbocycles. The summed E-state index contributed by atoms with van der Waals surface area (Å²) in [5.41, 5.74) is 0.617. The molecule has 0 radical (unpaired) electrons. The average molecular weight is 357 g/mol. The number of benzene rings is 1. The van der Waals surface area contributed by atoms with Crippen molar-refractivity contribution < 1.29 is 18.7 Å². The minimum absolute atomic E-state index is 0.0417. The highest BCUT2D eigenvalue weighted by atomic mass is 16.6. The van der Waals surface area contributed by atoms with E-state index in [1.807, 2.05) is 0 Å². The molecule has 3 saturated heterocycles. The number of amides is 1. The van der Waals surface area contributed by atoms with E-state index in [1.165, 1.54) is 26.2 Å². The third kappa shape index (κ3) is 3.26. The van der Waals surface area contributed by atoms with Crippen molar-refractivity contribution in [3.05, 3.63) is 36.1 Å². The van der Waals surface area contributed by atoms with Gasteiger partial charge in [-0.3, -0.25) is 9.69 Å². The number of fused-ring (bicyclic) bond motifs is 3. The van der Waals surface area contributed by atoms with Crippen molar-refractivity contribution in [1.82, 2.24) is 15.2 Å². The lowest BCUT2D eigenvalue weighted by Gasteiger charge is -2.49. The molecule has 26 heavy (non-hydrogen) atoms. The lowest BCUT2D eigenvalue weighted by Crippen LogP contribution is -2.62. The first-order valence-electron chi connectivity index (χ1n) is 8.96. The number of methoxy groups -OCH3 is 1. The van der Waals surface area contributed by atoms with E-state index in [1.54, 1.807) is 24.3 Å². The molecule has 1 aromatic heterocycles. The Morgan fingerprint density at radius 1 is 1.27 bits per heavy atom. The highest BCUT2D eigenvalue weighted by Gasteiger charge is 2.40. The summed E-state index contributed by atoms with van der Waals surface area (Å²) in [5.74, 6) is 1.44. The molecule has 1 amide bonds. The number of rotatable bonds is 5. The predicted octanol–water partition coefficient (Wildman–Crippen LogP) is 2.69. The van der Waals surface area contributed by atoms with Gasteiger partial charge in [0.25, 0.3) is 11.8 Å². The molecule has 7 heteroatoms. The fourth-order valence-corrected chi connectivity index (χ4v) is 3.94. The summed E-state index contributed by atoms with van der Waals surface area (Å²) in [7, 11) is 1.50. The van der Waals surface area contributed by atoms with Crippen LogP contribution in [-0.4, -0.2) is 48.1 Å². The number of aromatic nitrogens is 1. The Kier molecular flexibility index (Phi) is 4.55. The van der Waals surface area contributed by atoms with Crippen LogP contribution in [0.2, 0.25) is 0 Å². The van der Waals surface area contributed by atoms with E-state index in [2.05, 4.69) is 22.1 Å². The molecule has 5 rings (SSSR count). The summed E-state index contributed by atoms with van der Waals surface area (Å²) < 4.78 is 15.6. The van der Waals surface area contributed by atoms with E-state index >= 15 is 0 Å². The van der Waals surface area contributed by atoms with Gasteiger partial charge in [0.05, 0.1) is 7.11 Å². The van der Waals surface area contributed by atoms with E-state index in [-0.39, 0.29) is 18.0 Å². The lowest BCUT2D eigenvalue weighted by atomic mass is 9.79. The molecule has 1 N–H and O–H groups in total. The second kappa shape index (κ2) is 6.99. The Balaban J connectivity index is 1.39. The van der Waals surface area contributed by atoms with E-state index < -0.39 is 0 Å². The van der Waals surface area contributed by atoms with Crippen LogP contribution >= 0.6 is 0 Å². The third-order valence-electron chi connectivity index (χ3n) is 5.47. The summed E-state index contributed by atoms with van der Waals surface area (Å²) in [5, 5.41) is 3.23. The van der Waals surface area contributed by atoms with Gasteiger partial charge in [0.2, 0.25) is 0 Å². The Labute approximate surface area is 152 Å². The van der Waals surface area contributed by atoms with E-state index in [4.69, 9.17) is 13.9 Å². The molecule has 3 aliphatic rings. The van der Waals surface area contributed by atoms with Crippen LogP contribution in [0.15, 0.2) is 34.9 Å². The van der Waals surface area contributed by atoms with Crippen LogP contribution < -0.4 is 14.8 Å². The summed E-state index contributed by atoms with van der Waals surface area (Å²) in [6, 6.07) is 7.57. The van der Waals surface area contributed by atoms with Gasteiger partial charge < -0.3 is 19.2 Å². The molecule has 2 unspecified atom stereocenters. The first-order chi connectivity index (χ1) is 12.6. The topological polar surface area (TPSA) is 76.8 Å². The molecule has 2 aromatic rings. The lowest BCUT2D eigenvalue weighted by molar-refractivity contribution is 0.0217. The van der Waals surface area contributed by atoms with Crippen molar-refractivity contribution in [3.63, 3.8) is 0 Å². The van der Waals surface area contributed by atoms with Gasteiger partial charge in [-0.05, 0) is 63.0 Å². The fraction of sp³-hybridized carbons (Fsp3) is 0.474. The minimum atomic E-state index is -0.0417. The quantitative estimate of drug-likeness (QED) is 0.887. The number of ether oxygens (including phenoxy) is 2. The van der Waals surface area contributed by atoms with Crippen molar-refractivity contribution in [2.24, 2.45) is 5.92 Å². The summed E-state index contributed by atoms with van der Waals surface area (Å²) >= 11 is 0. The molecule has 2 bridgehead atoms. The van der Waals surface area contributed by atoms with Gasteiger partial charge in [-0.2, -0.15) is 0 Å². The van der Waals surface area contributed by atoms with Gasteiger partial charge in [-0.15, -0.1) is 4.98 Å². The van der Waals surface area contributed by atoms with Gasteiger partial charge in [-0.1, -0.05) is 0 Å². The molecule has 3 aliphatic heterocycles. The molecule has 0 aliphatic carbocycles. The van der Waals surface area contributed by atoms with Gasteiger partial charge in [0.1, 0.15) is 5.75 Å². The number of oxazole rings is 1. The summed E-state index contributed by atoms with van der Waals surface area (Å²) in [4.78, 5) is 19.1. The number of nitrogens with one attached hydrogen (secondary N) is 1. The maximum atomic E-state index is 12.6. The molecule has 7 nitrogen and oxygen atoms in total. The van der Waals surface area contributed by atoms with Gasteiger partial charge in [0.15, 0.2) is 6.26 Å². The maximum absolute atomic E-state index is 12.6. The summed E-state index contributed by atoms with van der Waals surface area (Å²) in [6.45, 7) is 4.50. The van der Waals surface area contributed by atoms with Crippen molar-refractivity contribution >= 4 is 5.91 Å². The first kappa shape index (κ1) is 16.9. The van der Waals surface area contributed by atoms with Crippen LogP contribution in [0.1, 0.15) is 30.1 Å². The standard InChI is InChI=1S/C19H23N3O4/c1-12-17(13-7-9-22(12)10-8-13)21-18(23)14-3-5-15(6-4-14)26-19-20-16(24-2)11-25-19/h3-6,11-13,17H,7-10H2,1-2H3,(H,21,23). The SMILES string of the molecule is COc1coc(Oc2ccc(C(=O)NC3C4CCN(CC4)C3C)cc2)n1. The molecule has 3 fully saturated rings. The minimum Gasteiger partial charge on any atom is -0.479 e. The highest BCUT2D eigenvalue weighted by molar-refractivity contribution is 5.94. The predicted molar refractivity (Wildman–Crippen MR) is 94.6 cm³/mol. The van der Waals surface area contributed by atoms with Crippen LogP contribution in [0.3, 0.4) is 0 Å². The molecule has 4 heterocycles. The van der Waals surface area contributed by atoms with Gasteiger partial charge >= 0.3 is 6.08 Å². The highest BCUT2D eigenvalue weighted by Crippen LogP contribution is 2.32. The number of carbonyl (C=O) groups excluding carboxylic acids is 1. The van der Waals surface area contributed by atoms with Gasteiger partial charge in [0, 0.05) is 17.6 Å². The molecule has 138 valence electrons. The van der Waals surface area contributed by atoms with Crippen LogP contribution in [0, 0.1) is 5.92 Å². The molecule has 0 spiro atoms. The number of carbonyl (C=O) groups is 1. The van der Waals surface area contributed by atoms with Crippen molar-refractivity contribution in [3.8, 4) is 17.7 Å². The fourth-order valence-electron chi connectivity index (χ4n) is 3.94.